The number of ketones is 2. The van der Waals surface area contributed by atoms with E-state index in [1.165, 1.54) is 21.3 Å². The Labute approximate surface area is 343 Å². The zero-order valence-electron chi connectivity index (χ0n) is 35.8. The summed E-state index contributed by atoms with van der Waals surface area (Å²) in [5, 5.41) is 45.1. The van der Waals surface area contributed by atoms with Gasteiger partial charge in [0.1, 0.15) is 24.4 Å². The third-order valence-electron chi connectivity index (χ3n) is 13.0. The van der Waals surface area contributed by atoms with Crippen LogP contribution in [0, 0.1) is 29.6 Å². The number of hydrogen-bond acceptors (Lipinski definition) is 13. The highest BCUT2D eigenvalue weighted by Crippen LogP contribution is 2.40. The number of carbonyl (C=O) groups excluding carboxylic acids is 4. The molecular formula is C44H69NO13. The molecule has 1 aliphatic carbocycles. The Morgan fingerprint density at radius 3 is 2.28 bits per heavy atom. The lowest BCUT2D eigenvalue weighted by Gasteiger charge is -2.47. The van der Waals surface area contributed by atoms with Gasteiger partial charge in [0.25, 0.3) is 11.7 Å². The van der Waals surface area contributed by atoms with Crippen molar-refractivity contribution >= 4 is 23.4 Å². The Balaban J connectivity index is 1.79. The fraction of sp³-hybridized carbons (Fsp3) is 0.773. The molecular weight excluding hydrogens is 750 g/mol. The van der Waals surface area contributed by atoms with E-state index in [1.807, 2.05) is 26.0 Å². The Hall–Kier alpha value is -2.82. The van der Waals surface area contributed by atoms with Crippen LogP contribution >= 0.6 is 0 Å². The van der Waals surface area contributed by atoms with E-state index in [1.54, 1.807) is 26.8 Å². The van der Waals surface area contributed by atoms with Gasteiger partial charge in [0.05, 0.1) is 18.3 Å². The first-order valence-electron chi connectivity index (χ1n) is 21.0. The van der Waals surface area contributed by atoms with E-state index < -0.39 is 83.7 Å². The lowest BCUT2D eigenvalue weighted by atomic mass is 9.80. The number of esters is 1. The molecule has 1 amide bonds. The smallest absolute Gasteiger partial charge is 0.329 e. The highest BCUT2D eigenvalue weighted by Gasteiger charge is 2.56. The number of carbonyl (C=O) groups is 4. The van der Waals surface area contributed by atoms with Crippen molar-refractivity contribution in [3.05, 3.63) is 36.0 Å². The molecule has 4 aliphatic rings. The fourth-order valence-electron chi connectivity index (χ4n) is 9.47. The lowest BCUT2D eigenvalue weighted by Crippen LogP contribution is -2.64. The average Bonchev–Trinajstić information content (AvgIpc) is 3.19. The molecule has 2 bridgehead atoms. The summed E-state index contributed by atoms with van der Waals surface area (Å²) in [4.78, 5) is 57.8. The minimum Gasteiger partial charge on any atom is -0.456 e. The van der Waals surface area contributed by atoms with Gasteiger partial charge in [0.2, 0.25) is 5.79 Å². The number of aliphatic hydroxyl groups is 4. The second kappa shape index (κ2) is 20.6. The van der Waals surface area contributed by atoms with Crippen LogP contribution in [0.15, 0.2) is 36.0 Å². The zero-order valence-corrected chi connectivity index (χ0v) is 35.8. The molecule has 4 N–H and O–H groups in total. The molecule has 0 radical (unpaired) electrons. The molecule has 0 spiro atoms. The van der Waals surface area contributed by atoms with Crippen molar-refractivity contribution in [2.45, 2.75) is 159 Å². The van der Waals surface area contributed by atoms with Gasteiger partial charge < -0.3 is 49.0 Å². The molecule has 4 rings (SSSR count). The summed E-state index contributed by atoms with van der Waals surface area (Å²) in [6.45, 7) is 13.0. The molecule has 3 heterocycles. The largest absolute Gasteiger partial charge is 0.456 e. The van der Waals surface area contributed by atoms with Gasteiger partial charge in [0, 0.05) is 52.6 Å². The van der Waals surface area contributed by atoms with E-state index in [2.05, 4.69) is 6.58 Å². The maximum Gasteiger partial charge on any atom is 0.329 e. The zero-order chi connectivity index (χ0) is 43.1. The first-order chi connectivity index (χ1) is 27.3. The number of piperidine rings is 1. The first kappa shape index (κ1) is 47.9. The number of aliphatic hydroxyl groups excluding tert-OH is 2. The summed E-state index contributed by atoms with van der Waals surface area (Å²) in [6, 6.07) is -1.19. The normalized spacial score (nSPS) is 40.9. The van der Waals surface area contributed by atoms with Crippen LogP contribution < -0.4 is 0 Å². The standard InChI is InChI=1S/C44H69NO13/c1-10-13-31-19-25(2)18-26(3)20-35(54-7)39-36(55-8)22-28(5)44(53,58-39)40(49)41(50)45-17-12-11-14-32(45)42(51)57-38(29(6)33(46)23-34(31)47)27(4)21-30-15-16-37(48)43(52,24-30)56-9/h10,19,21,25-26,28-30,32-33,35-39,46,48,52-53H,1,11-18,20,22-24H2,2-9H3/t25?,26-,28+,29+,30-,32-,33-,35-,36-,37+,38+,39+,43+,44+/m0/s1. The third-order valence-corrected chi connectivity index (χ3v) is 13.0. The Morgan fingerprint density at radius 2 is 1.64 bits per heavy atom. The van der Waals surface area contributed by atoms with Gasteiger partial charge in [-0.25, -0.2) is 4.79 Å². The summed E-state index contributed by atoms with van der Waals surface area (Å²) in [7, 11) is 4.35. The summed E-state index contributed by atoms with van der Waals surface area (Å²) in [5.74, 6) is -9.68. The van der Waals surface area contributed by atoms with Crippen molar-refractivity contribution in [2.24, 2.45) is 29.6 Å². The number of hydrogen-bond donors (Lipinski definition) is 4. The van der Waals surface area contributed by atoms with Crippen LogP contribution in [0.1, 0.15) is 105 Å². The van der Waals surface area contributed by atoms with Crippen LogP contribution in [0.3, 0.4) is 0 Å². The summed E-state index contributed by atoms with van der Waals surface area (Å²) in [6.07, 6.45) is 3.21. The van der Waals surface area contributed by atoms with Crippen molar-refractivity contribution in [2.75, 3.05) is 27.9 Å². The SMILES string of the molecule is C=CCC1=CC(C)C[C@H](C)C[C@H](OC)[C@H]2O[C@@](O)(C(=O)C(=O)N3CCCC[C@H]3C(=O)O[C@H](C(C)=C[C@@H]3CC[C@@H](O)[C@](O)(OC)C3)[C@H](C)[C@@H](O)CC1=O)[C@H](C)C[C@@H]2OC. The van der Waals surface area contributed by atoms with Crippen LogP contribution in [-0.2, 0) is 42.9 Å². The van der Waals surface area contributed by atoms with Crippen LogP contribution in [-0.4, -0.2) is 131 Å². The van der Waals surface area contributed by atoms with Gasteiger partial charge >= 0.3 is 5.97 Å². The average molecular weight is 820 g/mol. The monoisotopic (exact) mass is 819 g/mol. The Kier molecular flexibility index (Phi) is 17.0. The predicted molar refractivity (Wildman–Crippen MR) is 214 cm³/mol. The fourth-order valence-corrected chi connectivity index (χ4v) is 9.47. The Bertz CT molecular complexity index is 1530. The van der Waals surface area contributed by atoms with Gasteiger partial charge in [-0.15, -0.1) is 6.58 Å². The second-order valence-electron chi connectivity index (χ2n) is 17.5. The number of ether oxygens (including phenoxy) is 5. The quantitative estimate of drug-likeness (QED) is 0.125. The third kappa shape index (κ3) is 10.9. The maximum absolute atomic E-state index is 14.3. The molecule has 14 heteroatoms. The predicted octanol–water partition coefficient (Wildman–Crippen LogP) is 3.96. The molecule has 1 saturated carbocycles. The van der Waals surface area contributed by atoms with Gasteiger partial charge in [-0.2, -0.15) is 0 Å². The van der Waals surface area contributed by atoms with Gasteiger partial charge in [-0.3, -0.25) is 14.4 Å². The number of nitrogens with zero attached hydrogens (tertiary/aromatic N) is 1. The minimum absolute atomic E-state index is 0.0157. The molecule has 3 aliphatic heterocycles. The van der Waals surface area contributed by atoms with Crippen molar-refractivity contribution in [3.8, 4) is 0 Å². The van der Waals surface area contributed by atoms with Crippen LogP contribution in [0.4, 0.5) is 0 Å². The lowest BCUT2D eigenvalue weighted by molar-refractivity contribution is -0.302. The highest BCUT2D eigenvalue weighted by atomic mass is 16.7. The van der Waals surface area contributed by atoms with Gasteiger partial charge in [-0.05, 0) is 93.6 Å². The number of cyclic esters (lactones) is 1. The van der Waals surface area contributed by atoms with E-state index in [0.717, 1.165) is 4.90 Å². The summed E-state index contributed by atoms with van der Waals surface area (Å²) >= 11 is 0. The van der Waals surface area contributed by atoms with Crippen molar-refractivity contribution < 1.29 is 63.3 Å². The second-order valence-corrected chi connectivity index (χ2v) is 17.5. The summed E-state index contributed by atoms with van der Waals surface area (Å²) < 4.78 is 29.4. The van der Waals surface area contributed by atoms with Gasteiger partial charge in [-0.1, -0.05) is 45.9 Å². The molecule has 3 fully saturated rings. The highest BCUT2D eigenvalue weighted by molar-refractivity contribution is 6.39. The molecule has 0 aromatic carbocycles. The molecule has 0 aromatic heterocycles. The van der Waals surface area contributed by atoms with Crippen molar-refractivity contribution in [3.63, 3.8) is 0 Å². The number of fused-ring (bicyclic) bond motifs is 3. The van der Waals surface area contributed by atoms with Crippen LogP contribution in [0.25, 0.3) is 0 Å². The van der Waals surface area contributed by atoms with E-state index in [4.69, 9.17) is 23.7 Å². The van der Waals surface area contributed by atoms with Crippen molar-refractivity contribution in [1.82, 2.24) is 4.90 Å². The number of allylic oxidation sites excluding steroid dienone is 4. The van der Waals surface area contributed by atoms with E-state index >= 15 is 0 Å². The molecule has 1 unspecified atom stereocenters. The number of methoxy groups -OCH3 is 3. The van der Waals surface area contributed by atoms with Crippen molar-refractivity contribution in [1.29, 1.82) is 0 Å². The molecule has 0 aromatic rings. The molecule has 58 heavy (non-hydrogen) atoms. The molecule has 2 saturated heterocycles. The summed E-state index contributed by atoms with van der Waals surface area (Å²) in [5.41, 5.74) is 1.03. The van der Waals surface area contributed by atoms with E-state index in [9.17, 15) is 39.6 Å². The van der Waals surface area contributed by atoms with E-state index in [-0.39, 0.29) is 68.6 Å². The van der Waals surface area contributed by atoms with Crippen LogP contribution in [0.5, 0.6) is 0 Å². The number of amides is 1. The number of Topliss-reactive ketones (excluding diaryl/α,β-unsaturated/α-hetero) is 2. The van der Waals surface area contributed by atoms with Gasteiger partial charge in [0.15, 0.2) is 11.6 Å². The topological polar surface area (TPSA) is 199 Å². The molecule has 14 nitrogen and oxygen atoms in total. The Morgan fingerprint density at radius 1 is 0.966 bits per heavy atom. The molecule has 328 valence electrons. The maximum atomic E-state index is 14.3. The van der Waals surface area contributed by atoms with Crippen LogP contribution in [0.2, 0.25) is 0 Å². The molecule has 14 atom stereocenters. The van der Waals surface area contributed by atoms with E-state index in [0.29, 0.717) is 43.3 Å². The number of rotatable bonds is 7. The minimum atomic E-state index is -2.53. The first-order valence-corrected chi connectivity index (χ1v) is 21.0.